The summed E-state index contributed by atoms with van der Waals surface area (Å²) in [6.07, 6.45) is 2.73. The second-order valence-electron chi connectivity index (χ2n) is 38.4. The Balaban J connectivity index is 0.000000108. The summed E-state index contributed by atoms with van der Waals surface area (Å²) in [5.41, 5.74) is 35.3. The Hall–Kier alpha value is -17.3. The number of benzene rings is 18. The lowest BCUT2D eigenvalue weighted by molar-refractivity contribution is 0.660. The summed E-state index contributed by atoms with van der Waals surface area (Å²) < 4.78 is 6.59. The minimum Gasteiger partial charge on any atom is -0.278 e. The van der Waals surface area contributed by atoms with Crippen LogP contribution in [0.4, 0.5) is 0 Å². The van der Waals surface area contributed by atoms with E-state index in [1.54, 1.807) is 10.4 Å². The van der Waals surface area contributed by atoms with Crippen LogP contribution >= 0.6 is 0 Å². The Morgan fingerprint density at radius 2 is 0.471 bits per heavy atom. The predicted molar refractivity (Wildman–Crippen MR) is 578 cm³/mol. The number of aromatic nitrogens is 11. The Morgan fingerprint density at radius 3 is 0.857 bits per heavy atom. The number of para-hydroxylation sites is 3. The molecule has 24 aromatic rings. The molecule has 0 amide bonds. The van der Waals surface area contributed by atoms with Crippen LogP contribution in [0.3, 0.4) is 0 Å². The average molecular weight is 1810 g/mol. The van der Waals surface area contributed by atoms with Gasteiger partial charge in [-0.2, -0.15) is 19.9 Å². The molecule has 2 aliphatic carbocycles. The van der Waals surface area contributed by atoms with E-state index in [-0.39, 0.29) is 10.8 Å². The Kier molecular flexibility index (Phi) is 20.0. The van der Waals surface area contributed by atoms with Crippen LogP contribution < -0.4 is 10.4 Å². The summed E-state index contributed by atoms with van der Waals surface area (Å²) in [6, 6.07) is 160. The number of hydrogen-bond donors (Lipinski definition) is 0. The Bertz CT molecular complexity index is 8530. The van der Waals surface area contributed by atoms with Crippen molar-refractivity contribution < 1.29 is 0 Å². The first-order valence-electron chi connectivity index (χ1n) is 48.5. The molecular weight excluding hydrogens is 1720 g/mol. The molecule has 2 aliphatic heterocycles. The van der Waals surface area contributed by atoms with Gasteiger partial charge in [0.2, 0.25) is 17.8 Å². The number of fused-ring (bicyclic) bond motifs is 20. The molecule has 8 heterocycles. The zero-order valence-corrected chi connectivity index (χ0v) is 78.9. The molecule has 28 rings (SSSR count). The molecule has 140 heavy (non-hydrogen) atoms. The van der Waals surface area contributed by atoms with Crippen LogP contribution in [0.1, 0.15) is 62.8 Å². The van der Waals surface area contributed by atoms with Gasteiger partial charge in [0.25, 0.3) is 0 Å². The van der Waals surface area contributed by atoms with Gasteiger partial charge in [0.05, 0.1) is 44.5 Å². The van der Waals surface area contributed by atoms with Gasteiger partial charge in [-0.05, 0) is 190 Å². The van der Waals surface area contributed by atoms with Crippen molar-refractivity contribution in [3.63, 3.8) is 0 Å². The number of rotatable bonds is 12. The van der Waals surface area contributed by atoms with Gasteiger partial charge in [-0.1, -0.05) is 405 Å². The molecule has 0 bridgehead atoms. The van der Waals surface area contributed by atoms with Crippen molar-refractivity contribution in [3.05, 3.63) is 465 Å². The Labute approximate surface area is 813 Å². The molecule has 11 nitrogen and oxygen atoms in total. The van der Waals surface area contributed by atoms with E-state index in [4.69, 9.17) is 39.9 Å². The first-order chi connectivity index (χ1) is 68.9. The van der Waals surface area contributed by atoms with Crippen molar-refractivity contribution >= 4 is 83.9 Å². The third kappa shape index (κ3) is 14.0. The maximum Gasteiger partial charge on any atom is 0.238 e. The van der Waals surface area contributed by atoms with Crippen molar-refractivity contribution in [1.82, 2.24) is 53.6 Å². The predicted octanol–water partition coefficient (Wildman–Crippen LogP) is 30.5. The minimum atomic E-state index is -1.63. The van der Waals surface area contributed by atoms with E-state index in [0.29, 0.717) is 41.1 Å². The van der Waals surface area contributed by atoms with E-state index < -0.39 is 8.07 Å². The highest BCUT2D eigenvalue weighted by Crippen LogP contribution is 2.53. The zero-order valence-electron chi connectivity index (χ0n) is 77.9. The topological polar surface area (TPSA) is 118 Å². The standard InChI is InChI=1S/C43H32N4Si.C43H31N3.C42H30N4/c1-3-13-29(14-4-1)41-44-42(30-15-5-2-6-16-30)46-43(45-41)47-37-19-9-7-17-33(37)35-27-31(21-23-38(35)47)32-22-24-40-36(28-32)34-18-8-10-20-39(34)48(40)25-11-12-26-48;1-43(2)36-19-11-9-17-32(36)33-23-21-31(26-37(33)43)30-22-24-41-35(25-30)34-18-10-12-20-40(34)46(41)42-44-38(28-13-5-3-6-14-28)27-39(45-42)29-15-7-4-8-16-29;1-42(2)35-19-11-9-17-31(35)32-23-21-30(26-36(32)42)29-22-24-38-34(25-29)33-18-10-12-20-37(33)46(38)41-44-39(27-13-5-3-6-14-27)43-40(45-41)28-15-7-4-8-16-28/h1-10,13-24,27-28H,11-12,25-26H2;3-27H,1-2H3;3-26H,1-2H3. The molecule has 0 unspecified atom stereocenters. The maximum atomic E-state index is 5.18. The molecular formula is C128H93N11Si. The van der Waals surface area contributed by atoms with Crippen molar-refractivity contribution in [3.8, 4) is 153 Å². The molecule has 0 radical (unpaired) electrons. The van der Waals surface area contributed by atoms with E-state index in [0.717, 1.165) is 83.3 Å². The van der Waals surface area contributed by atoms with Crippen LogP contribution in [0, 0.1) is 0 Å². The highest BCUT2D eigenvalue weighted by Gasteiger charge is 2.47. The number of hydrogen-bond acceptors (Lipinski definition) is 8. The summed E-state index contributed by atoms with van der Waals surface area (Å²) in [5.74, 6) is 4.48. The lowest BCUT2D eigenvalue weighted by Gasteiger charge is -2.23. The quantitative estimate of drug-likeness (QED) is 0.111. The fourth-order valence-corrected chi connectivity index (χ4v) is 28.5. The van der Waals surface area contributed by atoms with Crippen LogP contribution in [0.2, 0.25) is 12.1 Å². The second-order valence-corrected chi connectivity index (χ2v) is 42.7. The highest BCUT2D eigenvalue weighted by molar-refractivity contribution is 7.06. The molecule has 0 atom stereocenters. The third-order valence-corrected chi connectivity index (χ3v) is 35.1. The first kappa shape index (κ1) is 83.3. The Morgan fingerprint density at radius 1 is 0.193 bits per heavy atom. The monoisotopic (exact) mass is 1810 g/mol. The highest BCUT2D eigenvalue weighted by atomic mass is 28.3. The van der Waals surface area contributed by atoms with E-state index in [9.17, 15) is 0 Å². The lowest BCUT2D eigenvalue weighted by atomic mass is 9.81. The molecule has 1 fully saturated rings. The molecule has 0 N–H and O–H groups in total. The third-order valence-electron chi connectivity index (χ3n) is 29.7. The second kappa shape index (κ2) is 33.6. The van der Waals surface area contributed by atoms with Crippen LogP contribution in [-0.4, -0.2) is 61.6 Å². The fraction of sp³-hybridized carbons (Fsp3) is 0.0781. The minimum absolute atomic E-state index is 0.0420. The van der Waals surface area contributed by atoms with Crippen molar-refractivity contribution in [1.29, 1.82) is 0 Å². The molecule has 4 aliphatic rings. The summed E-state index contributed by atoms with van der Waals surface area (Å²) >= 11 is 0. The van der Waals surface area contributed by atoms with Crippen LogP contribution in [0.5, 0.6) is 0 Å². The summed E-state index contributed by atoms with van der Waals surface area (Å²) in [5, 5.41) is 10.4. The van der Waals surface area contributed by atoms with Crippen LogP contribution in [0.15, 0.2) is 443 Å². The molecule has 12 heteroatoms. The van der Waals surface area contributed by atoms with Crippen molar-refractivity contribution in [2.24, 2.45) is 0 Å². The lowest BCUT2D eigenvalue weighted by Crippen LogP contribution is -2.52. The van der Waals surface area contributed by atoms with E-state index in [1.807, 2.05) is 109 Å². The number of nitrogens with zero attached hydrogens (tertiary/aromatic N) is 11. The summed E-state index contributed by atoms with van der Waals surface area (Å²) in [4.78, 5) is 40.5. The van der Waals surface area contributed by atoms with Crippen LogP contribution in [-0.2, 0) is 10.8 Å². The smallest absolute Gasteiger partial charge is 0.238 e. The van der Waals surface area contributed by atoms with Gasteiger partial charge in [-0.15, -0.1) is 0 Å². The van der Waals surface area contributed by atoms with E-state index in [2.05, 4.69) is 375 Å². The van der Waals surface area contributed by atoms with E-state index >= 15 is 0 Å². The van der Waals surface area contributed by atoms with Gasteiger partial charge in [0.1, 0.15) is 8.07 Å². The first-order valence-corrected chi connectivity index (χ1v) is 50.9. The average Bonchev–Trinajstić information content (AvgIpc) is 1.55. The molecule has 664 valence electrons. The van der Waals surface area contributed by atoms with Crippen LogP contribution in [0.25, 0.3) is 218 Å². The van der Waals surface area contributed by atoms with Gasteiger partial charge in [-0.25, -0.2) is 19.9 Å². The van der Waals surface area contributed by atoms with Gasteiger partial charge in [0.15, 0.2) is 23.3 Å². The fourth-order valence-electron chi connectivity index (χ4n) is 22.9. The normalized spacial score (nSPS) is 13.6. The molecule has 6 aromatic heterocycles. The zero-order chi connectivity index (χ0) is 93.3. The molecule has 1 spiro atoms. The molecule has 1 saturated heterocycles. The van der Waals surface area contributed by atoms with Gasteiger partial charge in [-0.3, -0.25) is 13.7 Å². The summed E-state index contributed by atoms with van der Waals surface area (Å²) in [6.45, 7) is 9.35. The maximum absolute atomic E-state index is 5.18. The van der Waals surface area contributed by atoms with Crippen molar-refractivity contribution in [2.45, 2.75) is 63.5 Å². The van der Waals surface area contributed by atoms with Crippen molar-refractivity contribution in [2.75, 3.05) is 0 Å². The SMILES string of the molecule is CC1(C)c2ccccc2-c2ccc(-c3ccc4c(c3)c3ccccc3n4-c3nc(-c4ccccc4)cc(-c4ccccc4)n3)cc21.CC1(C)c2ccccc2-c2ccc(-c3ccc4c(c3)c3ccccc3n4-c3nc(-c4ccccc4)nc(-c4ccccc4)n3)cc21.c1ccc(-c2nc(-c3ccccc3)nc(-n3c4ccccc4c4cc(-c5ccc6c(c5)-c5ccccc5[Si]65CCCC5)ccc43)n2)cc1. The largest absolute Gasteiger partial charge is 0.278 e. The van der Waals surface area contributed by atoms with Gasteiger partial charge in [0, 0.05) is 76.5 Å². The molecule has 18 aromatic carbocycles. The van der Waals surface area contributed by atoms with Gasteiger partial charge >= 0.3 is 0 Å². The van der Waals surface area contributed by atoms with E-state index in [1.165, 1.54) is 141 Å². The molecule has 0 saturated carbocycles. The summed E-state index contributed by atoms with van der Waals surface area (Å²) in [7, 11) is -1.63. The van der Waals surface area contributed by atoms with Gasteiger partial charge < -0.3 is 0 Å².